The van der Waals surface area contributed by atoms with E-state index in [1.165, 1.54) is 6.07 Å². The van der Waals surface area contributed by atoms with Crippen molar-refractivity contribution in [2.75, 3.05) is 0 Å². The van der Waals surface area contributed by atoms with E-state index in [4.69, 9.17) is 11.6 Å². The largest absolute Gasteiger partial charge is 0.332 e. The summed E-state index contributed by atoms with van der Waals surface area (Å²) in [7, 11) is 0. The lowest BCUT2D eigenvalue weighted by molar-refractivity contribution is -0.127. The molecule has 5 heteroatoms. The van der Waals surface area contributed by atoms with Gasteiger partial charge in [-0.3, -0.25) is 4.79 Å². The lowest BCUT2D eigenvalue weighted by Crippen LogP contribution is -2.31. The summed E-state index contributed by atoms with van der Waals surface area (Å²) in [6.07, 6.45) is 5.28. The van der Waals surface area contributed by atoms with Gasteiger partial charge in [0.1, 0.15) is 5.82 Å². The highest BCUT2D eigenvalue weighted by atomic mass is 35.5. The zero-order valence-corrected chi connectivity index (χ0v) is 13.4. The van der Waals surface area contributed by atoms with Crippen LogP contribution < -0.4 is 0 Å². The van der Waals surface area contributed by atoms with Crippen molar-refractivity contribution in [2.24, 2.45) is 0 Å². The highest BCUT2D eigenvalue weighted by Gasteiger charge is 2.32. The molecule has 0 atom stereocenters. The molecule has 1 saturated carbocycles. The van der Waals surface area contributed by atoms with Crippen molar-refractivity contribution in [2.45, 2.75) is 25.4 Å². The predicted molar refractivity (Wildman–Crippen MR) is 88.3 cm³/mol. The zero-order chi connectivity index (χ0) is 15.5. The first-order valence-electron chi connectivity index (χ1n) is 7.10. The lowest BCUT2D eigenvalue weighted by Gasteiger charge is -2.21. The van der Waals surface area contributed by atoms with Crippen molar-refractivity contribution in [3.63, 3.8) is 0 Å². The Hall–Kier alpha value is -1.65. The van der Waals surface area contributed by atoms with Crippen LogP contribution in [0.25, 0.3) is 6.08 Å². The van der Waals surface area contributed by atoms with Crippen LogP contribution in [-0.2, 0) is 11.3 Å². The molecule has 0 bridgehead atoms. The van der Waals surface area contributed by atoms with E-state index in [0.717, 1.165) is 17.7 Å². The monoisotopic (exact) mass is 335 g/mol. The molecule has 22 heavy (non-hydrogen) atoms. The molecule has 1 amide bonds. The van der Waals surface area contributed by atoms with E-state index in [1.54, 1.807) is 40.5 Å². The predicted octanol–water partition coefficient (Wildman–Crippen LogP) is 4.75. The van der Waals surface area contributed by atoms with Crippen molar-refractivity contribution in [1.82, 2.24) is 4.90 Å². The number of amides is 1. The Morgan fingerprint density at radius 3 is 2.82 bits per heavy atom. The molecule has 0 saturated heterocycles. The maximum absolute atomic E-state index is 13.9. The molecule has 2 nitrogen and oxygen atoms in total. The number of benzene rings is 1. The Kier molecular flexibility index (Phi) is 4.60. The van der Waals surface area contributed by atoms with Gasteiger partial charge in [0.25, 0.3) is 0 Å². The van der Waals surface area contributed by atoms with Gasteiger partial charge in [-0.25, -0.2) is 4.39 Å². The second kappa shape index (κ2) is 6.63. The molecule has 1 fully saturated rings. The van der Waals surface area contributed by atoms with Crippen LogP contribution in [0, 0.1) is 5.82 Å². The molecular weight excluding hydrogens is 321 g/mol. The molecule has 2 aromatic rings. The summed E-state index contributed by atoms with van der Waals surface area (Å²) in [4.78, 5) is 15.1. The number of halogens is 2. The Morgan fingerprint density at radius 1 is 1.36 bits per heavy atom. The zero-order valence-electron chi connectivity index (χ0n) is 11.8. The molecule has 1 aliphatic rings. The number of nitrogens with zero attached hydrogens (tertiary/aromatic N) is 1. The lowest BCUT2D eigenvalue weighted by atomic mass is 10.2. The van der Waals surface area contributed by atoms with Gasteiger partial charge >= 0.3 is 0 Å². The fraction of sp³-hybridized carbons (Fsp3) is 0.235. The second-order valence-electron chi connectivity index (χ2n) is 5.25. The number of rotatable bonds is 5. The standard InChI is InChI=1S/C17H15ClFNOS/c18-15-4-1-5-16(19)14(15)11-20(12-6-7-12)17(21)9-8-13-3-2-10-22-13/h1-5,8-10,12H,6-7,11H2/b9-8+. The fourth-order valence-electron chi connectivity index (χ4n) is 2.26. The van der Waals surface area contributed by atoms with Crippen molar-refractivity contribution < 1.29 is 9.18 Å². The number of carbonyl (C=O) groups is 1. The summed E-state index contributed by atoms with van der Waals surface area (Å²) in [6, 6.07) is 8.67. The molecule has 1 aliphatic carbocycles. The Labute approximate surface area is 137 Å². The van der Waals surface area contributed by atoms with Gasteiger partial charge < -0.3 is 4.90 Å². The highest BCUT2D eigenvalue weighted by Crippen LogP contribution is 2.31. The van der Waals surface area contributed by atoms with Crippen molar-refractivity contribution in [3.05, 3.63) is 63.1 Å². The molecule has 0 N–H and O–H groups in total. The van der Waals surface area contributed by atoms with Crippen LogP contribution in [0.3, 0.4) is 0 Å². The van der Waals surface area contributed by atoms with Crippen LogP contribution in [0.1, 0.15) is 23.3 Å². The highest BCUT2D eigenvalue weighted by molar-refractivity contribution is 7.10. The van der Waals surface area contributed by atoms with Gasteiger partial charge in [-0.1, -0.05) is 23.7 Å². The van der Waals surface area contributed by atoms with Gasteiger partial charge in [0.2, 0.25) is 5.91 Å². The molecule has 0 aliphatic heterocycles. The first kappa shape index (κ1) is 15.3. The van der Waals surface area contributed by atoms with E-state index in [1.807, 2.05) is 17.5 Å². The smallest absolute Gasteiger partial charge is 0.247 e. The topological polar surface area (TPSA) is 20.3 Å². The number of hydrogen-bond acceptors (Lipinski definition) is 2. The molecule has 1 aromatic carbocycles. The normalized spacial score (nSPS) is 14.5. The number of hydrogen-bond donors (Lipinski definition) is 0. The molecule has 3 rings (SSSR count). The summed E-state index contributed by atoms with van der Waals surface area (Å²) in [5.74, 6) is -0.469. The molecule has 0 unspecified atom stereocenters. The summed E-state index contributed by atoms with van der Waals surface area (Å²) in [5.41, 5.74) is 0.383. The minimum absolute atomic E-state index is 0.102. The van der Waals surface area contributed by atoms with E-state index < -0.39 is 0 Å². The molecule has 114 valence electrons. The van der Waals surface area contributed by atoms with Crippen molar-refractivity contribution in [3.8, 4) is 0 Å². The van der Waals surface area contributed by atoms with Gasteiger partial charge in [0, 0.05) is 27.6 Å². The van der Waals surface area contributed by atoms with E-state index in [9.17, 15) is 9.18 Å². The molecule has 0 radical (unpaired) electrons. The van der Waals surface area contributed by atoms with Crippen LogP contribution in [0.4, 0.5) is 4.39 Å². The van der Waals surface area contributed by atoms with Crippen molar-refractivity contribution in [1.29, 1.82) is 0 Å². The second-order valence-corrected chi connectivity index (χ2v) is 6.63. The van der Waals surface area contributed by atoms with Crippen LogP contribution >= 0.6 is 22.9 Å². The maximum Gasteiger partial charge on any atom is 0.247 e. The first-order valence-corrected chi connectivity index (χ1v) is 8.36. The van der Waals surface area contributed by atoms with E-state index in [2.05, 4.69) is 0 Å². The third-order valence-electron chi connectivity index (χ3n) is 3.59. The maximum atomic E-state index is 13.9. The Balaban J connectivity index is 1.77. The molecule has 0 spiro atoms. The van der Waals surface area contributed by atoms with Gasteiger partial charge in [0.05, 0.1) is 6.54 Å². The first-order chi connectivity index (χ1) is 10.6. The molecular formula is C17H15ClFNOS. The Bertz CT molecular complexity index is 674. The minimum atomic E-state index is -0.367. The van der Waals surface area contributed by atoms with Crippen molar-refractivity contribution >= 4 is 34.9 Å². The summed E-state index contributed by atoms with van der Waals surface area (Å²) < 4.78 is 13.9. The SMILES string of the molecule is O=C(/C=C/c1cccs1)N(Cc1c(F)cccc1Cl)C1CC1. The third-order valence-corrected chi connectivity index (χ3v) is 4.79. The average Bonchev–Trinajstić information content (AvgIpc) is 3.20. The van der Waals surface area contributed by atoms with E-state index in [-0.39, 0.29) is 24.3 Å². The van der Waals surface area contributed by atoms with E-state index >= 15 is 0 Å². The molecule has 1 heterocycles. The van der Waals surface area contributed by atoms with Gasteiger partial charge in [-0.2, -0.15) is 0 Å². The third kappa shape index (κ3) is 3.57. The number of carbonyl (C=O) groups excluding carboxylic acids is 1. The van der Waals surface area contributed by atoms with Gasteiger partial charge in [-0.05, 0) is 42.5 Å². The van der Waals surface area contributed by atoms with Crippen LogP contribution in [-0.4, -0.2) is 16.8 Å². The van der Waals surface area contributed by atoms with Crippen LogP contribution in [0.5, 0.6) is 0 Å². The van der Waals surface area contributed by atoms with E-state index in [0.29, 0.717) is 10.6 Å². The van der Waals surface area contributed by atoms with Gasteiger partial charge in [-0.15, -0.1) is 11.3 Å². The summed E-state index contributed by atoms with van der Waals surface area (Å²) in [5, 5.41) is 2.32. The quantitative estimate of drug-likeness (QED) is 0.722. The number of thiophene rings is 1. The molecule has 1 aromatic heterocycles. The summed E-state index contributed by atoms with van der Waals surface area (Å²) >= 11 is 7.64. The van der Waals surface area contributed by atoms with Crippen LogP contribution in [0.2, 0.25) is 5.02 Å². The minimum Gasteiger partial charge on any atom is -0.332 e. The van der Waals surface area contributed by atoms with Crippen LogP contribution in [0.15, 0.2) is 41.8 Å². The van der Waals surface area contributed by atoms with Gasteiger partial charge in [0.15, 0.2) is 0 Å². The Morgan fingerprint density at radius 2 is 2.18 bits per heavy atom. The average molecular weight is 336 g/mol. The summed E-state index contributed by atoms with van der Waals surface area (Å²) in [6.45, 7) is 0.212. The fourth-order valence-corrected chi connectivity index (χ4v) is 3.10.